The molecule has 1 heterocycles. The number of hydrazone groups is 1. The third kappa shape index (κ3) is 4.42. The molecule has 6 nitrogen and oxygen atoms in total. The Balaban J connectivity index is 1.89. The van der Waals surface area contributed by atoms with Crippen molar-refractivity contribution in [2.24, 2.45) is 5.10 Å². The molecule has 23 heavy (non-hydrogen) atoms. The van der Waals surface area contributed by atoms with Crippen LogP contribution in [0.1, 0.15) is 35.9 Å². The number of nitrogens with one attached hydrogen (secondary N) is 2. The van der Waals surface area contributed by atoms with Gasteiger partial charge in [0.1, 0.15) is 5.75 Å². The molecule has 122 valence electrons. The van der Waals surface area contributed by atoms with Gasteiger partial charge in [-0.2, -0.15) is 10.2 Å². The number of H-pyrrole nitrogens is 1. The van der Waals surface area contributed by atoms with Gasteiger partial charge in [0, 0.05) is 12.1 Å². The Kier molecular flexibility index (Phi) is 5.51. The summed E-state index contributed by atoms with van der Waals surface area (Å²) in [6.07, 6.45) is 1.03. The Labute approximate surface area is 135 Å². The first-order chi connectivity index (χ1) is 11.0. The van der Waals surface area contributed by atoms with Crippen molar-refractivity contribution in [1.29, 1.82) is 0 Å². The number of hydrogen-bond donors (Lipinski definition) is 2. The molecule has 0 bridgehead atoms. The zero-order valence-corrected chi connectivity index (χ0v) is 13.9. The Morgan fingerprint density at radius 1 is 1.30 bits per heavy atom. The standard InChI is InChI=1S/C17H22N4O2/c1-11(14-5-7-15(23-4)8-6-14)18-21-17(22)10-9-16-12(2)19-20-13(16)3/h5-8H,9-10H2,1-4H3,(H,19,20)(H,21,22)/b18-11-. The Morgan fingerprint density at radius 3 is 2.57 bits per heavy atom. The van der Waals surface area contributed by atoms with E-state index in [9.17, 15) is 4.79 Å². The fourth-order valence-corrected chi connectivity index (χ4v) is 2.28. The number of ether oxygens (including phenoxy) is 1. The van der Waals surface area contributed by atoms with E-state index in [2.05, 4.69) is 20.7 Å². The van der Waals surface area contributed by atoms with Crippen LogP contribution in [-0.2, 0) is 11.2 Å². The highest BCUT2D eigenvalue weighted by molar-refractivity contribution is 5.99. The van der Waals surface area contributed by atoms with Crippen LogP contribution in [0.25, 0.3) is 0 Å². The summed E-state index contributed by atoms with van der Waals surface area (Å²) >= 11 is 0. The molecule has 2 N–H and O–H groups in total. The first-order valence-electron chi connectivity index (χ1n) is 7.49. The maximum Gasteiger partial charge on any atom is 0.240 e. The number of aromatic nitrogens is 2. The van der Waals surface area contributed by atoms with E-state index in [0.717, 1.165) is 34.0 Å². The molecule has 0 fully saturated rings. The zero-order valence-electron chi connectivity index (χ0n) is 13.9. The molecule has 1 amide bonds. The number of hydrogen-bond acceptors (Lipinski definition) is 4. The maximum atomic E-state index is 11.9. The van der Waals surface area contributed by atoms with Gasteiger partial charge >= 0.3 is 0 Å². The van der Waals surface area contributed by atoms with Crippen LogP contribution in [0.2, 0.25) is 0 Å². The van der Waals surface area contributed by atoms with Crippen molar-refractivity contribution in [1.82, 2.24) is 15.6 Å². The molecule has 0 saturated heterocycles. The van der Waals surface area contributed by atoms with E-state index < -0.39 is 0 Å². The van der Waals surface area contributed by atoms with Crippen LogP contribution in [-0.4, -0.2) is 28.9 Å². The lowest BCUT2D eigenvalue weighted by atomic mass is 10.1. The van der Waals surface area contributed by atoms with Gasteiger partial charge in [0.15, 0.2) is 0 Å². The van der Waals surface area contributed by atoms with Gasteiger partial charge in [0.2, 0.25) is 5.91 Å². The molecule has 2 aromatic rings. The molecule has 0 aliphatic rings. The van der Waals surface area contributed by atoms with Crippen LogP contribution >= 0.6 is 0 Å². The fraction of sp³-hybridized carbons (Fsp3) is 0.353. The monoisotopic (exact) mass is 314 g/mol. The van der Waals surface area contributed by atoms with Crippen LogP contribution < -0.4 is 10.2 Å². The van der Waals surface area contributed by atoms with E-state index >= 15 is 0 Å². The minimum absolute atomic E-state index is 0.113. The molecule has 6 heteroatoms. The smallest absolute Gasteiger partial charge is 0.240 e. The van der Waals surface area contributed by atoms with E-state index in [1.807, 2.05) is 45.0 Å². The topological polar surface area (TPSA) is 79.4 Å². The Morgan fingerprint density at radius 2 is 2.00 bits per heavy atom. The molecular formula is C17H22N4O2. The lowest BCUT2D eigenvalue weighted by molar-refractivity contribution is -0.121. The highest BCUT2D eigenvalue weighted by atomic mass is 16.5. The highest BCUT2D eigenvalue weighted by Gasteiger charge is 2.09. The van der Waals surface area contributed by atoms with Gasteiger partial charge in [-0.3, -0.25) is 9.89 Å². The SMILES string of the molecule is COc1ccc(/C(C)=N\NC(=O)CCc2c(C)n[nH]c2C)cc1. The second-order valence-electron chi connectivity index (χ2n) is 5.37. The highest BCUT2D eigenvalue weighted by Crippen LogP contribution is 2.13. The molecule has 0 aliphatic heterocycles. The second-order valence-corrected chi connectivity index (χ2v) is 5.37. The van der Waals surface area contributed by atoms with E-state index in [1.54, 1.807) is 7.11 Å². The first-order valence-corrected chi connectivity index (χ1v) is 7.49. The zero-order chi connectivity index (χ0) is 16.8. The largest absolute Gasteiger partial charge is 0.497 e. The summed E-state index contributed by atoms with van der Waals surface area (Å²) < 4.78 is 5.12. The number of amides is 1. The molecule has 0 unspecified atom stereocenters. The van der Waals surface area contributed by atoms with Crippen molar-refractivity contribution >= 4 is 11.6 Å². The van der Waals surface area contributed by atoms with Crippen molar-refractivity contribution in [2.45, 2.75) is 33.6 Å². The number of nitrogens with zero attached hydrogens (tertiary/aromatic N) is 2. The van der Waals surface area contributed by atoms with Crippen molar-refractivity contribution in [3.8, 4) is 5.75 Å². The molecule has 0 saturated carbocycles. The van der Waals surface area contributed by atoms with Gasteiger partial charge in [-0.15, -0.1) is 0 Å². The maximum absolute atomic E-state index is 11.9. The molecule has 2 rings (SSSR count). The predicted octanol–water partition coefficient (Wildman–Crippen LogP) is 2.51. The van der Waals surface area contributed by atoms with Gasteiger partial charge in [-0.05, 0) is 62.6 Å². The van der Waals surface area contributed by atoms with Gasteiger partial charge in [0.05, 0.1) is 18.5 Å². The third-order valence-corrected chi connectivity index (χ3v) is 3.74. The van der Waals surface area contributed by atoms with Crippen molar-refractivity contribution < 1.29 is 9.53 Å². The molecule has 1 aromatic carbocycles. The average molecular weight is 314 g/mol. The quantitative estimate of drug-likeness (QED) is 0.635. The molecule has 0 spiro atoms. The number of aryl methyl sites for hydroxylation is 2. The second kappa shape index (κ2) is 7.58. The summed E-state index contributed by atoms with van der Waals surface area (Å²) in [7, 11) is 1.62. The first kappa shape index (κ1) is 16.7. The van der Waals surface area contributed by atoms with Gasteiger partial charge in [0.25, 0.3) is 0 Å². The Hall–Kier alpha value is -2.63. The summed E-state index contributed by atoms with van der Waals surface area (Å²) in [6, 6.07) is 7.53. The normalized spacial score (nSPS) is 11.4. The van der Waals surface area contributed by atoms with Crippen molar-refractivity contribution in [3.63, 3.8) is 0 Å². The number of aromatic amines is 1. The van der Waals surface area contributed by atoms with Gasteiger partial charge in [-0.25, -0.2) is 5.43 Å². The number of methoxy groups -OCH3 is 1. The summed E-state index contributed by atoms with van der Waals surface area (Å²) in [6.45, 7) is 5.74. The summed E-state index contributed by atoms with van der Waals surface area (Å²) in [5.74, 6) is 0.675. The average Bonchev–Trinajstić information content (AvgIpc) is 2.89. The lowest BCUT2D eigenvalue weighted by Gasteiger charge is -2.05. The summed E-state index contributed by atoms with van der Waals surface area (Å²) in [5.41, 5.74) is 7.32. The number of rotatable bonds is 6. The van der Waals surface area contributed by atoms with Crippen molar-refractivity contribution in [2.75, 3.05) is 7.11 Å². The van der Waals surface area contributed by atoms with Crippen molar-refractivity contribution in [3.05, 3.63) is 46.8 Å². The van der Waals surface area contributed by atoms with Crippen LogP contribution in [0.4, 0.5) is 0 Å². The van der Waals surface area contributed by atoms with Crippen LogP contribution in [0, 0.1) is 13.8 Å². The molecule has 0 atom stereocenters. The predicted molar refractivity (Wildman–Crippen MR) is 89.7 cm³/mol. The fourth-order valence-electron chi connectivity index (χ4n) is 2.28. The molecule has 0 aliphatic carbocycles. The summed E-state index contributed by atoms with van der Waals surface area (Å²) in [5, 5.41) is 11.2. The van der Waals surface area contributed by atoms with Crippen LogP contribution in [0.5, 0.6) is 5.75 Å². The minimum Gasteiger partial charge on any atom is -0.497 e. The van der Waals surface area contributed by atoms with Gasteiger partial charge in [-0.1, -0.05) is 0 Å². The van der Waals surface area contributed by atoms with Crippen LogP contribution in [0.3, 0.4) is 0 Å². The third-order valence-electron chi connectivity index (χ3n) is 3.74. The number of benzene rings is 1. The lowest BCUT2D eigenvalue weighted by Crippen LogP contribution is -2.19. The van der Waals surface area contributed by atoms with E-state index in [0.29, 0.717) is 12.8 Å². The van der Waals surface area contributed by atoms with E-state index in [1.165, 1.54) is 0 Å². The number of carbonyl (C=O) groups excluding carboxylic acids is 1. The van der Waals surface area contributed by atoms with E-state index in [-0.39, 0.29) is 5.91 Å². The van der Waals surface area contributed by atoms with Gasteiger partial charge < -0.3 is 4.74 Å². The molecule has 0 radical (unpaired) electrons. The molecular weight excluding hydrogens is 292 g/mol. The number of carbonyl (C=O) groups is 1. The minimum atomic E-state index is -0.113. The summed E-state index contributed by atoms with van der Waals surface area (Å²) in [4.78, 5) is 11.9. The Bertz CT molecular complexity index is 682. The molecule has 1 aromatic heterocycles. The van der Waals surface area contributed by atoms with E-state index in [4.69, 9.17) is 4.74 Å². The van der Waals surface area contributed by atoms with Crippen LogP contribution in [0.15, 0.2) is 29.4 Å².